The number of fused-ring (bicyclic) bond motifs is 1. The molecule has 0 saturated carbocycles. The quantitative estimate of drug-likeness (QED) is 0.100. The van der Waals surface area contributed by atoms with Crippen molar-refractivity contribution in [1.29, 1.82) is 0 Å². The van der Waals surface area contributed by atoms with E-state index in [9.17, 15) is 24.3 Å². The lowest BCUT2D eigenvalue weighted by molar-refractivity contribution is -0.144. The van der Waals surface area contributed by atoms with E-state index in [1.165, 1.54) is 0 Å². The van der Waals surface area contributed by atoms with Gasteiger partial charge in [-0.2, -0.15) is 0 Å². The number of amides is 3. The lowest BCUT2D eigenvalue weighted by Crippen LogP contribution is -2.58. The van der Waals surface area contributed by atoms with Crippen molar-refractivity contribution in [1.82, 2.24) is 20.4 Å². The van der Waals surface area contributed by atoms with Crippen LogP contribution < -0.4 is 10.6 Å². The van der Waals surface area contributed by atoms with Gasteiger partial charge in [0, 0.05) is 36.1 Å². The molecule has 4 aromatic rings. The summed E-state index contributed by atoms with van der Waals surface area (Å²) >= 11 is 12.7. The van der Waals surface area contributed by atoms with E-state index in [0.29, 0.717) is 35.1 Å². The van der Waals surface area contributed by atoms with E-state index in [2.05, 4.69) is 15.5 Å². The van der Waals surface area contributed by atoms with Crippen molar-refractivity contribution in [2.75, 3.05) is 20.1 Å². The zero-order valence-corrected chi connectivity index (χ0v) is 32.5. The molecule has 11 heteroatoms. The third-order valence-corrected chi connectivity index (χ3v) is 9.83. The van der Waals surface area contributed by atoms with Gasteiger partial charge in [-0.3, -0.25) is 14.4 Å². The zero-order chi connectivity index (χ0) is 38.7. The molecule has 0 bridgehead atoms. The van der Waals surface area contributed by atoms with E-state index in [-0.39, 0.29) is 31.2 Å². The van der Waals surface area contributed by atoms with Gasteiger partial charge in [0.05, 0.1) is 6.42 Å². The maximum atomic E-state index is 14.6. The first-order valence-electron chi connectivity index (χ1n) is 18.0. The van der Waals surface area contributed by atoms with Gasteiger partial charge in [0.2, 0.25) is 17.7 Å². The van der Waals surface area contributed by atoms with Crippen molar-refractivity contribution in [3.63, 3.8) is 0 Å². The Morgan fingerprint density at radius 2 is 1.43 bits per heavy atom. The van der Waals surface area contributed by atoms with Crippen molar-refractivity contribution in [3.8, 4) is 0 Å². The van der Waals surface area contributed by atoms with Crippen LogP contribution in [0.3, 0.4) is 0 Å². The molecule has 0 spiro atoms. The number of nitrogens with zero attached hydrogens (tertiary/aromatic N) is 2. The summed E-state index contributed by atoms with van der Waals surface area (Å²) in [5.74, 6) is -2.96. The summed E-state index contributed by atoms with van der Waals surface area (Å²) < 4.78 is 0. The molecule has 4 aromatic carbocycles. The number of benzene rings is 4. The maximum Gasteiger partial charge on any atom is 0.326 e. The summed E-state index contributed by atoms with van der Waals surface area (Å²) in [4.78, 5) is 58.6. The van der Waals surface area contributed by atoms with Crippen LogP contribution in [-0.2, 0) is 38.6 Å². The average molecular weight is 762 g/mol. The summed E-state index contributed by atoms with van der Waals surface area (Å²) in [6.45, 7) is 8.61. The minimum Gasteiger partial charge on any atom is -0.480 e. The van der Waals surface area contributed by atoms with Crippen molar-refractivity contribution in [3.05, 3.63) is 118 Å². The molecule has 3 N–H and O–H groups in total. The first-order valence-corrected chi connectivity index (χ1v) is 18.7. The number of carbonyl (C=O) groups excluding carboxylic acids is 3. The number of aliphatic carboxylic acids is 1. The largest absolute Gasteiger partial charge is 0.480 e. The van der Waals surface area contributed by atoms with Crippen molar-refractivity contribution >= 4 is 57.7 Å². The molecule has 9 nitrogen and oxygen atoms in total. The van der Waals surface area contributed by atoms with Crippen LogP contribution in [0.2, 0.25) is 10.0 Å². The third-order valence-electron chi connectivity index (χ3n) is 9.22. The Balaban J connectivity index is 1.68. The fourth-order valence-corrected chi connectivity index (χ4v) is 6.84. The molecular formula is C42H50Cl2N4O5. The van der Waals surface area contributed by atoms with Crippen LogP contribution >= 0.6 is 23.2 Å². The normalized spacial score (nSPS) is 13.2. The second-order valence-electron chi connectivity index (χ2n) is 14.3. The third kappa shape index (κ3) is 12.0. The highest BCUT2D eigenvalue weighted by molar-refractivity contribution is 6.31. The molecule has 0 radical (unpaired) electrons. The minimum absolute atomic E-state index is 0.00762. The molecule has 0 heterocycles. The van der Waals surface area contributed by atoms with Gasteiger partial charge >= 0.3 is 5.97 Å². The van der Waals surface area contributed by atoms with Gasteiger partial charge in [0.25, 0.3) is 0 Å². The lowest BCUT2D eigenvalue weighted by Gasteiger charge is -2.35. The van der Waals surface area contributed by atoms with E-state index in [1.54, 1.807) is 36.9 Å². The van der Waals surface area contributed by atoms with Gasteiger partial charge in [0.1, 0.15) is 18.1 Å². The highest BCUT2D eigenvalue weighted by Crippen LogP contribution is 2.22. The molecule has 0 fully saturated rings. The molecule has 3 atom stereocenters. The fraction of sp³-hybridized carbons (Fsp3) is 0.381. The van der Waals surface area contributed by atoms with Crippen molar-refractivity contribution < 1.29 is 24.3 Å². The van der Waals surface area contributed by atoms with Crippen LogP contribution in [0, 0.1) is 11.8 Å². The van der Waals surface area contributed by atoms with E-state index >= 15 is 0 Å². The van der Waals surface area contributed by atoms with Gasteiger partial charge in [0.15, 0.2) is 0 Å². The van der Waals surface area contributed by atoms with Gasteiger partial charge in [-0.1, -0.05) is 124 Å². The molecule has 53 heavy (non-hydrogen) atoms. The van der Waals surface area contributed by atoms with Crippen LogP contribution in [0.25, 0.3) is 10.8 Å². The molecule has 3 amide bonds. The molecule has 0 aliphatic heterocycles. The standard InChI is InChI=1S/C42H50Cl2N4O5/c1-27(2)22-37(48(38(49)25-32-14-7-9-19-35(32)44)21-20-47(5)26-29-12-10-17-33(43)23-29)41(51)45-36(40(50)46-39(28(3)4)42(52)53)24-31-16-11-15-30-13-6-8-18-34(30)31/h6-19,23,27-28,36-37,39H,20-22,24-26H2,1-5H3,(H,45,51)(H,46,50)(H,52,53). The number of hydrogen-bond donors (Lipinski definition) is 3. The van der Waals surface area contributed by atoms with Gasteiger partial charge < -0.3 is 25.5 Å². The van der Waals surface area contributed by atoms with Gasteiger partial charge in [-0.05, 0) is 71.0 Å². The maximum absolute atomic E-state index is 14.6. The predicted molar refractivity (Wildman–Crippen MR) is 212 cm³/mol. The van der Waals surface area contributed by atoms with Crippen LogP contribution in [0.15, 0.2) is 91.0 Å². The van der Waals surface area contributed by atoms with Crippen LogP contribution in [0.1, 0.15) is 50.8 Å². The number of nitrogens with one attached hydrogen (secondary N) is 2. The summed E-state index contributed by atoms with van der Waals surface area (Å²) in [5.41, 5.74) is 2.46. The van der Waals surface area contributed by atoms with E-state index < -0.39 is 41.8 Å². The molecule has 0 aliphatic carbocycles. The molecule has 3 unspecified atom stereocenters. The Bertz CT molecular complexity index is 1880. The second kappa shape index (κ2) is 19.6. The average Bonchev–Trinajstić information content (AvgIpc) is 3.10. The molecule has 0 saturated heterocycles. The summed E-state index contributed by atoms with van der Waals surface area (Å²) in [6, 6.07) is 25.0. The van der Waals surface area contributed by atoms with Crippen LogP contribution in [0.4, 0.5) is 0 Å². The number of likely N-dealkylation sites (N-methyl/N-ethyl adjacent to an activating group) is 1. The predicted octanol–water partition coefficient (Wildman–Crippen LogP) is 7.02. The Labute approximate surface area is 322 Å². The Kier molecular flexibility index (Phi) is 15.3. The highest BCUT2D eigenvalue weighted by atomic mass is 35.5. The van der Waals surface area contributed by atoms with Crippen LogP contribution in [0.5, 0.6) is 0 Å². The van der Waals surface area contributed by atoms with Crippen LogP contribution in [-0.4, -0.2) is 76.9 Å². The molecule has 0 aromatic heterocycles. The first-order chi connectivity index (χ1) is 25.2. The Morgan fingerprint density at radius 1 is 0.774 bits per heavy atom. The van der Waals surface area contributed by atoms with Gasteiger partial charge in [-0.15, -0.1) is 0 Å². The Morgan fingerprint density at radius 3 is 2.11 bits per heavy atom. The summed E-state index contributed by atoms with van der Waals surface area (Å²) in [6.07, 6.45) is 0.409. The van der Waals surface area contributed by atoms with E-state index in [0.717, 1.165) is 21.9 Å². The van der Waals surface area contributed by atoms with E-state index in [4.69, 9.17) is 23.2 Å². The monoisotopic (exact) mass is 760 g/mol. The number of carbonyl (C=O) groups is 4. The molecule has 4 rings (SSSR count). The first kappa shape index (κ1) is 41.3. The summed E-state index contributed by atoms with van der Waals surface area (Å²) in [7, 11) is 1.94. The van der Waals surface area contributed by atoms with E-state index in [1.807, 2.05) is 93.7 Å². The number of halogens is 2. The molecule has 282 valence electrons. The smallest absolute Gasteiger partial charge is 0.326 e. The SMILES string of the molecule is CC(C)CC(C(=O)NC(Cc1cccc2ccccc12)C(=O)NC(C(=O)O)C(C)C)N(CCN(C)Cc1cccc(Cl)c1)C(=O)Cc1ccccc1Cl. The number of carboxylic acids is 1. The zero-order valence-electron chi connectivity index (χ0n) is 31.0. The highest BCUT2D eigenvalue weighted by Gasteiger charge is 2.35. The number of rotatable bonds is 18. The summed E-state index contributed by atoms with van der Waals surface area (Å²) in [5, 5.41) is 18.5. The molecule has 0 aliphatic rings. The molecular weight excluding hydrogens is 711 g/mol. The second-order valence-corrected chi connectivity index (χ2v) is 15.2. The number of carboxylic acid groups (broad SMARTS) is 1. The topological polar surface area (TPSA) is 119 Å². The lowest BCUT2D eigenvalue weighted by atomic mass is 9.96. The van der Waals surface area contributed by atoms with Crippen molar-refractivity contribution in [2.24, 2.45) is 11.8 Å². The Hall–Kier alpha value is -4.44. The fourth-order valence-electron chi connectivity index (χ4n) is 6.42. The number of hydrogen-bond acceptors (Lipinski definition) is 5. The van der Waals surface area contributed by atoms with Crippen molar-refractivity contribution in [2.45, 2.75) is 71.6 Å². The minimum atomic E-state index is -1.17. The van der Waals surface area contributed by atoms with Gasteiger partial charge in [-0.25, -0.2) is 4.79 Å².